The number of benzene rings is 1. The number of carbonyl (C=O) groups is 1. The molecule has 2 aromatic rings. The maximum atomic E-state index is 13.5. The van der Waals surface area contributed by atoms with Gasteiger partial charge in [0, 0.05) is 6.07 Å². The van der Waals surface area contributed by atoms with Gasteiger partial charge in [-0.05, 0) is 40.5 Å². The van der Waals surface area contributed by atoms with E-state index in [0.29, 0.717) is 10.9 Å². The van der Waals surface area contributed by atoms with Gasteiger partial charge in [0.1, 0.15) is 11.6 Å². The second kappa shape index (κ2) is 5.26. The van der Waals surface area contributed by atoms with E-state index in [9.17, 15) is 13.6 Å². The molecule has 0 saturated heterocycles. The number of nitrogens with two attached hydrogens (primary N) is 1. The van der Waals surface area contributed by atoms with Crippen LogP contribution in [0.2, 0.25) is 0 Å². The van der Waals surface area contributed by atoms with Crippen LogP contribution in [-0.4, -0.2) is 5.91 Å². The van der Waals surface area contributed by atoms with Gasteiger partial charge in [-0.15, -0.1) is 11.3 Å². The Morgan fingerprint density at radius 3 is 2.58 bits per heavy atom. The molecule has 0 aliphatic carbocycles. The van der Waals surface area contributed by atoms with Gasteiger partial charge in [0.25, 0.3) is 5.91 Å². The van der Waals surface area contributed by atoms with E-state index in [1.54, 1.807) is 6.07 Å². The molecule has 1 aromatic carbocycles. The first kappa shape index (κ1) is 14.0. The topological polar surface area (TPSA) is 55.1 Å². The molecule has 0 atom stereocenters. The van der Waals surface area contributed by atoms with Crippen LogP contribution < -0.4 is 11.1 Å². The van der Waals surface area contributed by atoms with E-state index in [4.69, 9.17) is 5.73 Å². The molecule has 1 heterocycles. The van der Waals surface area contributed by atoms with Gasteiger partial charge >= 0.3 is 0 Å². The SMILES string of the molecule is Cc1cc(C(=O)Nc2cc(N)c(F)cc2F)sc1Br. The molecule has 1 aromatic heterocycles. The molecule has 0 radical (unpaired) electrons. The Balaban J connectivity index is 2.26. The summed E-state index contributed by atoms with van der Waals surface area (Å²) in [5, 5.41) is 2.36. The van der Waals surface area contributed by atoms with Crippen LogP contribution in [0.4, 0.5) is 20.2 Å². The molecule has 0 aliphatic heterocycles. The molecule has 0 spiro atoms. The molecule has 0 unspecified atom stereocenters. The zero-order valence-corrected chi connectivity index (χ0v) is 12.2. The predicted molar refractivity (Wildman–Crippen MR) is 75.5 cm³/mol. The van der Waals surface area contributed by atoms with Crippen LogP contribution >= 0.6 is 27.3 Å². The molecular weight excluding hydrogens is 338 g/mol. The summed E-state index contributed by atoms with van der Waals surface area (Å²) < 4.78 is 27.3. The number of halogens is 3. The number of nitrogen functional groups attached to an aromatic ring is 1. The maximum Gasteiger partial charge on any atom is 0.265 e. The molecule has 0 fully saturated rings. The van der Waals surface area contributed by atoms with Gasteiger partial charge in [0.05, 0.1) is 20.0 Å². The summed E-state index contributed by atoms with van der Waals surface area (Å²) in [5.41, 5.74) is 5.88. The van der Waals surface area contributed by atoms with Gasteiger partial charge in [-0.3, -0.25) is 4.79 Å². The van der Waals surface area contributed by atoms with E-state index in [1.807, 2.05) is 6.92 Å². The van der Waals surface area contributed by atoms with Gasteiger partial charge in [0.2, 0.25) is 0 Å². The lowest BCUT2D eigenvalue weighted by Gasteiger charge is -2.06. The molecule has 2 rings (SSSR count). The monoisotopic (exact) mass is 346 g/mol. The third kappa shape index (κ3) is 2.93. The first-order chi connectivity index (χ1) is 8.88. The number of thiophene rings is 1. The maximum absolute atomic E-state index is 13.5. The molecule has 0 saturated carbocycles. The van der Waals surface area contributed by atoms with E-state index < -0.39 is 17.5 Å². The summed E-state index contributed by atoms with van der Waals surface area (Å²) in [7, 11) is 0. The number of rotatable bonds is 2. The molecule has 7 heteroatoms. The highest BCUT2D eigenvalue weighted by Crippen LogP contribution is 2.28. The minimum Gasteiger partial charge on any atom is -0.396 e. The third-order valence-electron chi connectivity index (χ3n) is 2.42. The molecule has 19 heavy (non-hydrogen) atoms. The molecule has 0 bridgehead atoms. The van der Waals surface area contributed by atoms with E-state index in [0.717, 1.165) is 15.4 Å². The minimum atomic E-state index is -0.868. The number of aryl methyl sites for hydroxylation is 1. The summed E-state index contributed by atoms with van der Waals surface area (Å²) >= 11 is 4.53. The van der Waals surface area contributed by atoms with Gasteiger partial charge in [-0.1, -0.05) is 0 Å². The van der Waals surface area contributed by atoms with E-state index in [1.165, 1.54) is 11.3 Å². The van der Waals surface area contributed by atoms with Crippen molar-refractivity contribution < 1.29 is 13.6 Å². The van der Waals surface area contributed by atoms with E-state index in [2.05, 4.69) is 21.2 Å². The lowest BCUT2D eigenvalue weighted by Crippen LogP contribution is -2.12. The third-order valence-corrected chi connectivity index (χ3v) is 4.55. The average Bonchev–Trinajstić information content (AvgIpc) is 2.67. The van der Waals surface area contributed by atoms with Crippen LogP contribution in [0.5, 0.6) is 0 Å². The highest BCUT2D eigenvalue weighted by Gasteiger charge is 2.15. The Bertz CT molecular complexity index is 638. The van der Waals surface area contributed by atoms with Crippen molar-refractivity contribution in [1.29, 1.82) is 0 Å². The molecular formula is C12H9BrF2N2OS. The van der Waals surface area contributed by atoms with Crippen LogP contribution in [0.1, 0.15) is 15.2 Å². The Morgan fingerprint density at radius 1 is 1.32 bits per heavy atom. The zero-order chi connectivity index (χ0) is 14.2. The fourth-order valence-corrected chi connectivity index (χ4v) is 2.85. The Labute approximate surface area is 120 Å². The largest absolute Gasteiger partial charge is 0.396 e. The predicted octanol–water partition coefficient (Wildman–Crippen LogP) is 3.93. The van der Waals surface area contributed by atoms with Crippen molar-refractivity contribution in [2.24, 2.45) is 0 Å². The lowest BCUT2D eigenvalue weighted by atomic mass is 10.2. The molecule has 100 valence electrons. The standard InChI is InChI=1S/C12H9BrF2N2OS/c1-5-2-10(19-11(5)13)12(18)17-9-4-8(16)6(14)3-7(9)15/h2-4H,16H2,1H3,(H,17,18). The van der Waals surface area contributed by atoms with E-state index in [-0.39, 0.29) is 11.4 Å². The fourth-order valence-electron chi connectivity index (χ4n) is 1.42. The second-order valence-corrected chi connectivity index (χ2v) is 6.25. The van der Waals surface area contributed by atoms with Crippen molar-refractivity contribution in [2.45, 2.75) is 6.92 Å². The smallest absolute Gasteiger partial charge is 0.265 e. The Hall–Kier alpha value is -1.47. The van der Waals surface area contributed by atoms with Crippen LogP contribution in [0.3, 0.4) is 0 Å². The number of anilines is 2. The first-order valence-electron chi connectivity index (χ1n) is 5.20. The van der Waals surface area contributed by atoms with Crippen molar-refractivity contribution in [3.63, 3.8) is 0 Å². The molecule has 0 aliphatic rings. The second-order valence-electron chi connectivity index (χ2n) is 3.88. The average molecular weight is 347 g/mol. The van der Waals surface area contributed by atoms with Gasteiger partial charge in [-0.25, -0.2) is 8.78 Å². The van der Waals surface area contributed by atoms with Crippen molar-refractivity contribution in [1.82, 2.24) is 0 Å². The van der Waals surface area contributed by atoms with Crippen molar-refractivity contribution in [2.75, 3.05) is 11.1 Å². The summed E-state index contributed by atoms with van der Waals surface area (Å²) in [4.78, 5) is 12.3. The number of hydrogen-bond acceptors (Lipinski definition) is 3. The Morgan fingerprint density at radius 2 is 2.00 bits per heavy atom. The van der Waals surface area contributed by atoms with Crippen LogP contribution in [-0.2, 0) is 0 Å². The summed E-state index contributed by atoms with van der Waals surface area (Å²) in [6.45, 7) is 1.84. The van der Waals surface area contributed by atoms with Crippen LogP contribution in [0.15, 0.2) is 22.0 Å². The summed E-state index contributed by atoms with van der Waals surface area (Å²) in [5.74, 6) is -2.19. The summed E-state index contributed by atoms with van der Waals surface area (Å²) in [6, 6.07) is 3.37. The molecule has 3 N–H and O–H groups in total. The first-order valence-corrected chi connectivity index (χ1v) is 6.81. The number of carbonyl (C=O) groups excluding carboxylic acids is 1. The lowest BCUT2D eigenvalue weighted by molar-refractivity contribution is 0.103. The van der Waals surface area contributed by atoms with Gasteiger partial charge < -0.3 is 11.1 Å². The van der Waals surface area contributed by atoms with Crippen LogP contribution in [0, 0.1) is 18.6 Å². The highest BCUT2D eigenvalue weighted by atomic mass is 79.9. The zero-order valence-electron chi connectivity index (χ0n) is 9.76. The number of amides is 1. The molecule has 3 nitrogen and oxygen atoms in total. The van der Waals surface area contributed by atoms with E-state index >= 15 is 0 Å². The fraction of sp³-hybridized carbons (Fsp3) is 0.0833. The van der Waals surface area contributed by atoms with Crippen molar-refractivity contribution in [3.05, 3.63) is 44.1 Å². The quantitative estimate of drug-likeness (QED) is 0.809. The van der Waals surface area contributed by atoms with Crippen molar-refractivity contribution >= 4 is 44.5 Å². The van der Waals surface area contributed by atoms with Crippen molar-refractivity contribution in [3.8, 4) is 0 Å². The van der Waals surface area contributed by atoms with Gasteiger partial charge in [-0.2, -0.15) is 0 Å². The Kier molecular flexibility index (Phi) is 3.86. The highest BCUT2D eigenvalue weighted by molar-refractivity contribution is 9.11. The van der Waals surface area contributed by atoms with Gasteiger partial charge in [0.15, 0.2) is 0 Å². The number of hydrogen-bond donors (Lipinski definition) is 2. The normalized spacial score (nSPS) is 10.5. The molecule has 1 amide bonds. The number of nitrogens with one attached hydrogen (secondary N) is 1. The minimum absolute atomic E-state index is 0.147. The summed E-state index contributed by atoms with van der Waals surface area (Å²) in [6.07, 6.45) is 0. The van der Waals surface area contributed by atoms with Crippen LogP contribution in [0.25, 0.3) is 0 Å².